The highest BCUT2D eigenvalue weighted by Gasteiger charge is 2.11. The number of fused-ring (bicyclic) bond motifs is 1. The lowest BCUT2D eigenvalue weighted by atomic mass is 10.1. The Balaban J connectivity index is 2.26. The molecule has 0 radical (unpaired) electrons. The number of benzene rings is 1. The van der Waals surface area contributed by atoms with Crippen LogP contribution in [0.5, 0.6) is 0 Å². The largest absolute Gasteiger partial charge is 0.352 e. The van der Waals surface area contributed by atoms with Gasteiger partial charge in [0, 0.05) is 18.7 Å². The summed E-state index contributed by atoms with van der Waals surface area (Å²) in [7, 11) is 0. The molecule has 1 aromatic carbocycles. The predicted molar refractivity (Wildman–Crippen MR) is 100 cm³/mol. The lowest BCUT2D eigenvalue weighted by Gasteiger charge is -2.09. The molecule has 0 saturated carbocycles. The third-order valence-corrected chi connectivity index (χ3v) is 4.24. The first kappa shape index (κ1) is 19.0. The highest BCUT2D eigenvalue weighted by Crippen LogP contribution is 2.10. The zero-order valence-corrected chi connectivity index (χ0v) is 15.2. The summed E-state index contributed by atoms with van der Waals surface area (Å²) in [5, 5.41) is 3.28. The molecular formula is C19H27N3O3. The van der Waals surface area contributed by atoms with E-state index in [2.05, 4.69) is 31.1 Å². The van der Waals surface area contributed by atoms with Crippen molar-refractivity contribution in [2.75, 3.05) is 6.54 Å². The maximum atomic E-state index is 12.5. The van der Waals surface area contributed by atoms with Crippen LogP contribution in [0.3, 0.4) is 0 Å². The third-order valence-electron chi connectivity index (χ3n) is 4.24. The summed E-state index contributed by atoms with van der Waals surface area (Å²) in [5.74, 6) is 0.315. The van der Waals surface area contributed by atoms with Crippen molar-refractivity contribution in [3.8, 4) is 0 Å². The summed E-state index contributed by atoms with van der Waals surface area (Å²) in [6.45, 7) is 7.28. The van der Waals surface area contributed by atoms with Gasteiger partial charge in [0.2, 0.25) is 0 Å². The number of aromatic amines is 1. The predicted octanol–water partition coefficient (Wildman–Crippen LogP) is 2.66. The molecule has 1 aromatic heterocycles. The van der Waals surface area contributed by atoms with Crippen molar-refractivity contribution in [1.29, 1.82) is 0 Å². The van der Waals surface area contributed by atoms with Crippen LogP contribution < -0.4 is 16.6 Å². The molecule has 6 heteroatoms. The molecule has 2 N–H and O–H groups in total. The average Bonchev–Trinajstić information content (AvgIpc) is 2.57. The van der Waals surface area contributed by atoms with E-state index in [9.17, 15) is 14.4 Å². The number of H-pyrrole nitrogens is 1. The number of nitrogens with one attached hydrogen (secondary N) is 2. The molecule has 0 saturated heterocycles. The van der Waals surface area contributed by atoms with Crippen molar-refractivity contribution in [3.63, 3.8) is 0 Å². The SMILES string of the molecule is CCCCCn1c(=O)[nH]c2cc(C(=O)NCCC(C)C)ccc2c1=O. The average molecular weight is 345 g/mol. The molecule has 25 heavy (non-hydrogen) atoms. The summed E-state index contributed by atoms with van der Waals surface area (Å²) in [5.41, 5.74) is 0.112. The Kier molecular flexibility index (Phi) is 6.56. The van der Waals surface area contributed by atoms with Gasteiger partial charge in [0.25, 0.3) is 11.5 Å². The van der Waals surface area contributed by atoms with Crippen LogP contribution in [0.4, 0.5) is 0 Å². The fraction of sp³-hybridized carbons (Fsp3) is 0.526. The van der Waals surface area contributed by atoms with E-state index < -0.39 is 5.69 Å². The van der Waals surface area contributed by atoms with E-state index in [4.69, 9.17) is 0 Å². The zero-order valence-electron chi connectivity index (χ0n) is 15.2. The van der Waals surface area contributed by atoms with Crippen LogP contribution in [0.2, 0.25) is 0 Å². The zero-order chi connectivity index (χ0) is 18.4. The molecule has 0 aliphatic rings. The van der Waals surface area contributed by atoms with Crippen LogP contribution in [0.25, 0.3) is 10.9 Å². The quantitative estimate of drug-likeness (QED) is 0.722. The smallest absolute Gasteiger partial charge is 0.328 e. The maximum Gasteiger partial charge on any atom is 0.328 e. The summed E-state index contributed by atoms with van der Waals surface area (Å²) in [6.07, 6.45) is 3.69. The van der Waals surface area contributed by atoms with Gasteiger partial charge in [0.1, 0.15) is 0 Å². The minimum atomic E-state index is -0.425. The fourth-order valence-corrected chi connectivity index (χ4v) is 2.70. The number of nitrogens with zero attached hydrogens (tertiary/aromatic N) is 1. The number of aromatic nitrogens is 2. The van der Waals surface area contributed by atoms with Crippen molar-refractivity contribution in [2.45, 2.75) is 53.0 Å². The lowest BCUT2D eigenvalue weighted by molar-refractivity contribution is 0.0952. The van der Waals surface area contributed by atoms with E-state index in [-0.39, 0.29) is 11.5 Å². The van der Waals surface area contributed by atoms with Crippen LogP contribution in [0.15, 0.2) is 27.8 Å². The number of amides is 1. The Bertz CT molecular complexity index is 849. The maximum absolute atomic E-state index is 12.5. The van der Waals surface area contributed by atoms with Crippen LogP contribution in [0.1, 0.15) is 56.8 Å². The van der Waals surface area contributed by atoms with Crippen LogP contribution in [0, 0.1) is 5.92 Å². The van der Waals surface area contributed by atoms with Gasteiger partial charge >= 0.3 is 5.69 Å². The molecule has 136 valence electrons. The van der Waals surface area contributed by atoms with Gasteiger partial charge in [-0.3, -0.25) is 14.2 Å². The van der Waals surface area contributed by atoms with Gasteiger partial charge in [-0.25, -0.2) is 4.79 Å². The van der Waals surface area contributed by atoms with Crippen molar-refractivity contribution in [2.24, 2.45) is 5.92 Å². The molecule has 0 fully saturated rings. The second kappa shape index (κ2) is 8.65. The van der Waals surface area contributed by atoms with E-state index in [0.29, 0.717) is 35.5 Å². The lowest BCUT2D eigenvalue weighted by Crippen LogP contribution is -2.35. The topological polar surface area (TPSA) is 84.0 Å². The Morgan fingerprint density at radius 1 is 1.24 bits per heavy atom. The number of hydrogen-bond donors (Lipinski definition) is 2. The second-order valence-corrected chi connectivity index (χ2v) is 6.79. The number of rotatable bonds is 8. The summed E-state index contributed by atoms with van der Waals surface area (Å²) in [6, 6.07) is 4.81. The van der Waals surface area contributed by atoms with Crippen LogP contribution in [-0.2, 0) is 6.54 Å². The van der Waals surface area contributed by atoms with E-state index >= 15 is 0 Å². The number of hydrogen-bond acceptors (Lipinski definition) is 3. The normalized spacial score (nSPS) is 11.2. The van der Waals surface area contributed by atoms with Crippen molar-refractivity contribution < 1.29 is 4.79 Å². The number of carbonyl (C=O) groups excluding carboxylic acids is 1. The van der Waals surface area contributed by atoms with Crippen molar-refractivity contribution in [3.05, 3.63) is 44.6 Å². The highest BCUT2D eigenvalue weighted by atomic mass is 16.2. The summed E-state index contributed by atoms with van der Waals surface area (Å²) >= 11 is 0. The fourth-order valence-electron chi connectivity index (χ4n) is 2.70. The van der Waals surface area contributed by atoms with E-state index in [1.807, 2.05) is 0 Å². The van der Waals surface area contributed by atoms with Crippen LogP contribution in [-0.4, -0.2) is 22.0 Å². The molecule has 1 heterocycles. The molecular weight excluding hydrogens is 318 g/mol. The van der Waals surface area contributed by atoms with E-state index in [0.717, 1.165) is 25.7 Å². The van der Waals surface area contributed by atoms with Gasteiger partial charge in [0.15, 0.2) is 0 Å². The Morgan fingerprint density at radius 2 is 2.00 bits per heavy atom. The molecule has 0 aliphatic heterocycles. The molecule has 2 rings (SSSR count). The van der Waals surface area contributed by atoms with E-state index in [1.165, 1.54) is 4.57 Å². The first-order valence-electron chi connectivity index (χ1n) is 8.99. The second-order valence-electron chi connectivity index (χ2n) is 6.79. The Labute approximate surface area is 147 Å². The first-order chi connectivity index (χ1) is 11.9. The number of unbranched alkanes of at least 4 members (excludes halogenated alkanes) is 2. The van der Waals surface area contributed by atoms with Gasteiger partial charge in [-0.2, -0.15) is 0 Å². The summed E-state index contributed by atoms with van der Waals surface area (Å²) in [4.78, 5) is 39.6. The molecule has 6 nitrogen and oxygen atoms in total. The molecule has 0 atom stereocenters. The molecule has 1 amide bonds. The standard InChI is InChI=1S/C19H27N3O3/c1-4-5-6-11-22-18(24)15-8-7-14(12-16(15)21-19(22)25)17(23)20-10-9-13(2)3/h7-8,12-13H,4-6,9-11H2,1-3H3,(H,20,23)(H,21,25). The Morgan fingerprint density at radius 3 is 2.68 bits per heavy atom. The molecule has 0 aliphatic carbocycles. The molecule has 2 aromatic rings. The first-order valence-corrected chi connectivity index (χ1v) is 8.99. The van der Waals surface area contributed by atoms with Gasteiger partial charge in [-0.15, -0.1) is 0 Å². The third kappa shape index (κ3) is 4.81. The molecule has 0 bridgehead atoms. The van der Waals surface area contributed by atoms with Gasteiger partial charge < -0.3 is 10.3 Å². The highest BCUT2D eigenvalue weighted by molar-refractivity contribution is 5.97. The van der Waals surface area contributed by atoms with Crippen molar-refractivity contribution >= 4 is 16.8 Å². The van der Waals surface area contributed by atoms with Crippen LogP contribution >= 0.6 is 0 Å². The number of carbonyl (C=O) groups is 1. The Hall–Kier alpha value is -2.37. The van der Waals surface area contributed by atoms with Crippen molar-refractivity contribution in [1.82, 2.24) is 14.9 Å². The van der Waals surface area contributed by atoms with Gasteiger partial charge in [0.05, 0.1) is 10.9 Å². The summed E-state index contributed by atoms with van der Waals surface area (Å²) < 4.78 is 1.24. The molecule has 0 unspecified atom stereocenters. The minimum absolute atomic E-state index is 0.199. The minimum Gasteiger partial charge on any atom is -0.352 e. The monoisotopic (exact) mass is 345 g/mol. The van der Waals surface area contributed by atoms with Gasteiger partial charge in [-0.05, 0) is 37.0 Å². The van der Waals surface area contributed by atoms with E-state index in [1.54, 1.807) is 18.2 Å². The van der Waals surface area contributed by atoms with Gasteiger partial charge in [-0.1, -0.05) is 33.6 Å². The molecule has 0 spiro atoms.